The quantitative estimate of drug-likeness (QED) is 0.624. The van der Waals surface area contributed by atoms with E-state index in [0.29, 0.717) is 13.2 Å². The van der Waals surface area contributed by atoms with Gasteiger partial charge >= 0.3 is 6.09 Å². The Morgan fingerprint density at radius 3 is 2.35 bits per heavy atom. The Hall–Kier alpha value is -2.57. The predicted octanol–water partition coefficient (Wildman–Crippen LogP) is 5.33. The molecule has 0 radical (unpaired) electrons. The van der Waals surface area contributed by atoms with Crippen LogP contribution in [0.15, 0.2) is 54.6 Å². The molecule has 3 rings (SSSR count). The van der Waals surface area contributed by atoms with Gasteiger partial charge in [-0.3, -0.25) is 4.90 Å². The fraction of sp³-hybridized carbons (Fsp3) is 0.480. The summed E-state index contributed by atoms with van der Waals surface area (Å²) in [5.74, 6) is 0.773. The summed E-state index contributed by atoms with van der Waals surface area (Å²) in [5.41, 5.74) is 0.664. The highest BCUT2D eigenvalue weighted by Gasteiger charge is 2.49. The number of hydrogen-bond acceptors (Lipinski definition) is 5. The van der Waals surface area contributed by atoms with E-state index in [-0.39, 0.29) is 12.1 Å². The van der Waals surface area contributed by atoms with E-state index in [4.69, 9.17) is 18.9 Å². The van der Waals surface area contributed by atoms with Gasteiger partial charge in [0.1, 0.15) is 29.8 Å². The van der Waals surface area contributed by atoms with Crippen molar-refractivity contribution < 1.29 is 23.7 Å². The second-order valence-corrected chi connectivity index (χ2v) is 9.18. The first kappa shape index (κ1) is 23.1. The van der Waals surface area contributed by atoms with Crippen LogP contribution in [0, 0.1) is 0 Å². The number of ether oxygens (including phenoxy) is 4. The van der Waals surface area contributed by atoms with Crippen LogP contribution in [-0.4, -0.2) is 42.1 Å². The molecule has 1 amide bonds. The average molecular weight is 428 g/mol. The van der Waals surface area contributed by atoms with E-state index >= 15 is 0 Å². The third-order valence-corrected chi connectivity index (χ3v) is 5.17. The normalized spacial score (nSPS) is 19.2. The second kappa shape index (κ2) is 9.28. The number of nitrogens with zero attached hydrogens (tertiary/aromatic N) is 1. The van der Waals surface area contributed by atoms with E-state index < -0.39 is 17.4 Å². The zero-order valence-corrected chi connectivity index (χ0v) is 19.3. The van der Waals surface area contributed by atoms with Crippen LogP contribution < -0.4 is 4.74 Å². The number of carbonyl (C=O) groups excluding carboxylic acids is 1. The maximum absolute atomic E-state index is 13.0. The van der Waals surface area contributed by atoms with Gasteiger partial charge in [-0.25, -0.2) is 4.79 Å². The Morgan fingerprint density at radius 2 is 1.77 bits per heavy atom. The van der Waals surface area contributed by atoms with Crippen LogP contribution >= 0.6 is 0 Å². The standard InChI is InChI=1S/C25H33NO5/c1-24(2,3)31-23(27)26-21(17-30-25(26,4)5)22(28-6)19-12-14-20(15-13-19)29-16-18-10-8-7-9-11-18/h7-15,21-22H,16-17H2,1-6H3/t21-,22-/m0/s1. The molecule has 0 saturated carbocycles. The summed E-state index contributed by atoms with van der Waals surface area (Å²) in [6, 6.07) is 17.5. The van der Waals surface area contributed by atoms with Crippen molar-refractivity contribution in [1.29, 1.82) is 0 Å². The van der Waals surface area contributed by atoms with Crippen molar-refractivity contribution in [2.75, 3.05) is 13.7 Å². The van der Waals surface area contributed by atoms with Gasteiger partial charge in [-0.15, -0.1) is 0 Å². The molecular weight excluding hydrogens is 394 g/mol. The molecule has 0 N–H and O–H groups in total. The van der Waals surface area contributed by atoms with Gasteiger partial charge < -0.3 is 18.9 Å². The molecule has 2 aromatic carbocycles. The van der Waals surface area contributed by atoms with Crippen LogP contribution in [0.4, 0.5) is 4.79 Å². The van der Waals surface area contributed by atoms with E-state index in [1.54, 1.807) is 12.0 Å². The minimum absolute atomic E-state index is 0.314. The summed E-state index contributed by atoms with van der Waals surface area (Å²) in [4.78, 5) is 14.6. The minimum atomic E-state index is -0.789. The molecule has 6 nitrogen and oxygen atoms in total. The van der Waals surface area contributed by atoms with E-state index in [2.05, 4.69) is 0 Å². The van der Waals surface area contributed by atoms with Gasteiger partial charge in [0, 0.05) is 7.11 Å². The number of benzene rings is 2. The fourth-order valence-electron chi connectivity index (χ4n) is 3.73. The first-order chi connectivity index (χ1) is 14.6. The molecule has 2 atom stereocenters. The maximum Gasteiger partial charge on any atom is 0.413 e. The van der Waals surface area contributed by atoms with Gasteiger partial charge in [0.05, 0.1) is 12.6 Å². The Labute approximate surface area is 185 Å². The van der Waals surface area contributed by atoms with Crippen LogP contribution in [0.3, 0.4) is 0 Å². The van der Waals surface area contributed by atoms with E-state index in [1.165, 1.54) is 0 Å². The predicted molar refractivity (Wildman–Crippen MR) is 119 cm³/mol. The molecule has 168 valence electrons. The van der Waals surface area contributed by atoms with Crippen molar-refractivity contribution in [3.63, 3.8) is 0 Å². The van der Waals surface area contributed by atoms with Gasteiger partial charge in [0.15, 0.2) is 0 Å². The lowest BCUT2D eigenvalue weighted by molar-refractivity contribution is -0.0700. The molecular formula is C25H33NO5. The molecule has 0 aromatic heterocycles. The number of amides is 1. The van der Waals surface area contributed by atoms with Crippen LogP contribution in [0.2, 0.25) is 0 Å². The molecule has 0 unspecified atom stereocenters. The summed E-state index contributed by atoms with van der Waals surface area (Å²) >= 11 is 0. The van der Waals surface area contributed by atoms with E-state index in [9.17, 15) is 4.79 Å². The molecule has 0 aliphatic carbocycles. The molecule has 2 aromatic rings. The molecule has 1 heterocycles. The summed E-state index contributed by atoms with van der Waals surface area (Å²) in [6.07, 6.45) is -0.776. The number of hydrogen-bond donors (Lipinski definition) is 0. The van der Waals surface area contributed by atoms with E-state index in [1.807, 2.05) is 89.2 Å². The van der Waals surface area contributed by atoms with Crippen LogP contribution in [-0.2, 0) is 20.8 Å². The summed E-state index contributed by atoms with van der Waals surface area (Å²) in [6.45, 7) is 10.2. The van der Waals surface area contributed by atoms with Gasteiger partial charge in [-0.2, -0.15) is 0 Å². The Kier molecular flexibility index (Phi) is 6.92. The monoisotopic (exact) mass is 427 g/mol. The highest BCUT2D eigenvalue weighted by molar-refractivity contribution is 5.70. The number of methoxy groups -OCH3 is 1. The second-order valence-electron chi connectivity index (χ2n) is 9.18. The first-order valence-corrected chi connectivity index (χ1v) is 10.6. The Balaban J connectivity index is 1.74. The molecule has 6 heteroatoms. The first-order valence-electron chi connectivity index (χ1n) is 10.6. The van der Waals surface area contributed by atoms with Crippen LogP contribution in [0.25, 0.3) is 0 Å². The van der Waals surface area contributed by atoms with Crippen molar-refractivity contribution in [2.24, 2.45) is 0 Å². The summed E-state index contributed by atoms with van der Waals surface area (Å²) in [5, 5.41) is 0. The summed E-state index contributed by atoms with van der Waals surface area (Å²) < 4.78 is 23.3. The van der Waals surface area contributed by atoms with Gasteiger partial charge in [-0.1, -0.05) is 42.5 Å². The van der Waals surface area contributed by atoms with Gasteiger partial charge in [0.25, 0.3) is 0 Å². The molecule has 31 heavy (non-hydrogen) atoms. The van der Waals surface area contributed by atoms with E-state index in [0.717, 1.165) is 16.9 Å². The molecule has 0 spiro atoms. The largest absolute Gasteiger partial charge is 0.489 e. The van der Waals surface area contributed by atoms with Crippen LogP contribution in [0.1, 0.15) is 51.8 Å². The highest BCUT2D eigenvalue weighted by atomic mass is 16.6. The Morgan fingerprint density at radius 1 is 1.13 bits per heavy atom. The lowest BCUT2D eigenvalue weighted by Gasteiger charge is -2.37. The minimum Gasteiger partial charge on any atom is -0.489 e. The maximum atomic E-state index is 13.0. The number of carbonyl (C=O) groups is 1. The van der Waals surface area contributed by atoms with Crippen molar-refractivity contribution >= 4 is 6.09 Å². The average Bonchev–Trinajstić information content (AvgIpc) is 3.02. The van der Waals surface area contributed by atoms with Crippen molar-refractivity contribution in [2.45, 2.75) is 64.7 Å². The molecule has 1 saturated heterocycles. The molecule has 1 aliphatic rings. The van der Waals surface area contributed by atoms with Crippen molar-refractivity contribution in [3.8, 4) is 5.75 Å². The van der Waals surface area contributed by atoms with Crippen molar-refractivity contribution in [3.05, 3.63) is 65.7 Å². The number of rotatable bonds is 6. The van der Waals surface area contributed by atoms with Gasteiger partial charge in [-0.05, 0) is 57.9 Å². The molecule has 1 aliphatic heterocycles. The third-order valence-electron chi connectivity index (χ3n) is 5.17. The Bertz CT molecular complexity index is 858. The molecule has 0 bridgehead atoms. The lowest BCUT2D eigenvalue weighted by atomic mass is 10.0. The van der Waals surface area contributed by atoms with Crippen molar-refractivity contribution in [1.82, 2.24) is 4.90 Å². The zero-order chi connectivity index (χ0) is 22.6. The molecule has 1 fully saturated rings. The highest BCUT2D eigenvalue weighted by Crippen LogP contribution is 2.37. The topological polar surface area (TPSA) is 57.2 Å². The lowest BCUT2D eigenvalue weighted by Crippen LogP contribution is -2.51. The zero-order valence-electron chi connectivity index (χ0n) is 19.3. The fourth-order valence-corrected chi connectivity index (χ4v) is 3.73. The third kappa shape index (κ3) is 5.77. The summed E-state index contributed by atoms with van der Waals surface area (Å²) in [7, 11) is 1.64. The SMILES string of the molecule is CO[C@@H](c1ccc(OCc2ccccc2)cc1)[C@@H]1COC(C)(C)N1C(=O)OC(C)(C)C. The van der Waals surface area contributed by atoms with Crippen LogP contribution in [0.5, 0.6) is 5.75 Å². The van der Waals surface area contributed by atoms with Gasteiger partial charge in [0.2, 0.25) is 0 Å². The smallest absolute Gasteiger partial charge is 0.413 e.